The van der Waals surface area contributed by atoms with Gasteiger partial charge in [-0.1, -0.05) is 12.1 Å². The lowest BCUT2D eigenvalue weighted by Gasteiger charge is -2.16. The molecule has 6 nitrogen and oxygen atoms in total. The lowest BCUT2D eigenvalue weighted by atomic mass is 10.2. The molecule has 1 aromatic heterocycles. The van der Waals surface area contributed by atoms with Gasteiger partial charge in [0, 0.05) is 25.5 Å². The average Bonchev–Trinajstić information content (AvgIpc) is 3.31. The molecule has 3 rings (SSSR count). The molecule has 1 amide bonds. The Morgan fingerprint density at radius 3 is 2.96 bits per heavy atom. The van der Waals surface area contributed by atoms with Gasteiger partial charge in [-0.15, -0.1) is 0 Å². The molecule has 1 aliphatic heterocycles. The van der Waals surface area contributed by atoms with E-state index in [1.807, 2.05) is 36.5 Å². The molecule has 2 heterocycles. The standard InChI is InChI=1S/C18H23N3O3/c1-14(24-13-17-4-2-11-23-17)18(22)19-12-15-5-7-16(8-6-15)21-10-3-9-20-21/h3,5-10,14,17H,2,4,11-13H2,1H3,(H,19,22)/t14-,17+/m1/s1. The van der Waals surface area contributed by atoms with E-state index in [1.54, 1.807) is 17.8 Å². The van der Waals surface area contributed by atoms with E-state index in [4.69, 9.17) is 9.47 Å². The summed E-state index contributed by atoms with van der Waals surface area (Å²) in [5.41, 5.74) is 2.02. The van der Waals surface area contributed by atoms with Crippen LogP contribution in [-0.4, -0.2) is 41.1 Å². The van der Waals surface area contributed by atoms with E-state index < -0.39 is 6.10 Å². The quantitative estimate of drug-likeness (QED) is 0.844. The highest BCUT2D eigenvalue weighted by Gasteiger charge is 2.19. The zero-order valence-corrected chi connectivity index (χ0v) is 13.9. The van der Waals surface area contributed by atoms with Crippen LogP contribution in [0.3, 0.4) is 0 Å². The maximum absolute atomic E-state index is 12.1. The van der Waals surface area contributed by atoms with E-state index in [1.165, 1.54) is 0 Å². The van der Waals surface area contributed by atoms with E-state index in [2.05, 4.69) is 10.4 Å². The second-order valence-electron chi connectivity index (χ2n) is 5.95. The van der Waals surface area contributed by atoms with Crippen molar-refractivity contribution in [3.8, 4) is 5.69 Å². The lowest BCUT2D eigenvalue weighted by Crippen LogP contribution is -2.35. The van der Waals surface area contributed by atoms with Gasteiger partial charge >= 0.3 is 0 Å². The first-order valence-corrected chi connectivity index (χ1v) is 8.32. The molecule has 1 saturated heterocycles. The number of hydrogen-bond acceptors (Lipinski definition) is 4. The van der Waals surface area contributed by atoms with Gasteiger partial charge in [0.15, 0.2) is 0 Å². The third-order valence-electron chi connectivity index (χ3n) is 4.10. The molecule has 6 heteroatoms. The Bertz CT molecular complexity index is 634. The van der Waals surface area contributed by atoms with Gasteiger partial charge in [0.25, 0.3) is 0 Å². The SMILES string of the molecule is C[C@@H](OC[C@@H]1CCCO1)C(=O)NCc1ccc(-n2cccn2)cc1. The Morgan fingerprint density at radius 1 is 1.46 bits per heavy atom. The second-order valence-corrected chi connectivity index (χ2v) is 5.95. The minimum atomic E-state index is -0.474. The molecule has 0 radical (unpaired) electrons. The van der Waals surface area contributed by atoms with Crippen LogP contribution in [0.5, 0.6) is 0 Å². The molecular weight excluding hydrogens is 306 g/mol. The van der Waals surface area contributed by atoms with Crippen LogP contribution >= 0.6 is 0 Å². The zero-order valence-electron chi connectivity index (χ0n) is 13.9. The average molecular weight is 329 g/mol. The fourth-order valence-corrected chi connectivity index (χ4v) is 2.62. The van der Waals surface area contributed by atoms with E-state index >= 15 is 0 Å². The molecule has 0 spiro atoms. The van der Waals surface area contributed by atoms with Crippen LogP contribution in [0.1, 0.15) is 25.3 Å². The van der Waals surface area contributed by atoms with Gasteiger partial charge in [-0.05, 0) is 43.5 Å². The van der Waals surface area contributed by atoms with Crippen molar-refractivity contribution >= 4 is 5.91 Å². The predicted octanol–water partition coefficient (Wildman–Crippen LogP) is 2.07. The molecular formula is C18H23N3O3. The smallest absolute Gasteiger partial charge is 0.249 e. The van der Waals surface area contributed by atoms with Gasteiger partial charge in [0.1, 0.15) is 6.10 Å². The largest absolute Gasteiger partial charge is 0.376 e. The highest BCUT2D eigenvalue weighted by Crippen LogP contribution is 2.13. The van der Waals surface area contributed by atoms with Gasteiger partial charge in [-0.2, -0.15) is 5.10 Å². The van der Waals surface area contributed by atoms with Crippen molar-refractivity contribution in [3.63, 3.8) is 0 Å². The molecule has 0 unspecified atom stereocenters. The Kier molecular flexibility index (Phi) is 5.61. The minimum absolute atomic E-state index is 0.107. The third kappa shape index (κ3) is 4.43. The summed E-state index contributed by atoms with van der Waals surface area (Å²) in [7, 11) is 0. The number of ether oxygens (including phenoxy) is 2. The Hall–Kier alpha value is -2.18. The first-order valence-electron chi connectivity index (χ1n) is 8.32. The molecule has 1 aromatic carbocycles. The summed E-state index contributed by atoms with van der Waals surface area (Å²) >= 11 is 0. The van der Waals surface area contributed by atoms with Crippen molar-refractivity contribution in [2.24, 2.45) is 0 Å². The second kappa shape index (κ2) is 8.08. The molecule has 1 aliphatic rings. The predicted molar refractivity (Wildman–Crippen MR) is 89.8 cm³/mol. The maximum Gasteiger partial charge on any atom is 0.249 e. The Labute approximate surface area is 141 Å². The monoisotopic (exact) mass is 329 g/mol. The first-order chi connectivity index (χ1) is 11.7. The van der Waals surface area contributed by atoms with Crippen LogP contribution in [0.15, 0.2) is 42.7 Å². The summed E-state index contributed by atoms with van der Waals surface area (Å²) in [6.45, 7) is 3.52. The Balaban J connectivity index is 1.43. The number of nitrogens with zero attached hydrogens (tertiary/aromatic N) is 2. The fourth-order valence-electron chi connectivity index (χ4n) is 2.62. The van der Waals surface area contributed by atoms with Crippen molar-refractivity contribution in [1.82, 2.24) is 15.1 Å². The number of aromatic nitrogens is 2. The highest BCUT2D eigenvalue weighted by molar-refractivity contribution is 5.80. The highest BCUT2D eigenvalue weighted by atomic mass is 16.5. The van der Waals surface area contributed by atoms with Gasteiger partial charge in [-0.25, -0.2) is 4.68 Å². The molecule has 0 bridgehead atoms. The number of hydrogen-bond donors (Lipinski definition) is 1. The van der Waals surface area contributed by atoms with Crippen LogP contribution in [0, 0.1) is 0 Å². The van der Waals surface area contributed by atoms with Crippen molar-refractivity contribution < 1.29 is 14.3 Å². The summed E-state index contributed by atoms with van der Waals surface area (Å²) in [5, 5.41) is 7.09. The van der Waals surface area contributed by atoms with E-state index in [9.17, 15) is 4.79 Å². The van der Waals surface area contributed by atoms with Crippen LogP contribution in [-0.2, 0) is 20.8 Å². The first kappa shape index (κ1) is 16.7. The Morgan fingerprint density at radius 2 is 2.29 bits per heavy atom. The van der Waals surface area contributed by atoms with Crippen molar-refractivity contribution in [1.29, 1.82) is 0 Å². The van der Waals surface area contributed by atoms with E-state index in [0.717, 1.165) is 30.7 Å². The molecule has 0 aliphatic carbocycles. The normalized spacial score (nSPS) is 18.5. The maximum atomic E-state index is 12.1. The lowest BCUT2D eigenvalue weighted by molar-refractivity contribution is -0.133. The topological polar surface area (TPSA) is 65.4 Å². The van der Waals surface area contributed by atoms with Crippen LogP contribution in [0.2, 0.25) is 0 Å². The third-order valence-corrected chi connectivity index (χ3v) is 4.10. The van der Waals surface area contributed by atoms with Gasteiger partial charge in [0.2, 0.25) is 5.91 Å². The molecule has 24 heavy (non-hydrogen) atoms. The summed E-state index contributed by atoms with van der Waals surface area (Å²) in [6, 6.07) is 9.80. The van der Waals surface area contributed by atoms with Gasteiger partial charge in [-0.3, -0.25) is 4.79 Å². The molecule has 0 saturated carbocycles. The molecule has 2 atom stereocenters. The van der Waals surface area contributed by atoms with Crippen LogP contribution in [0.25, 0.3) is 5.69 Å². The molecule has 1 fully saturated rings. The zero-order chi connectivity index (χ0) is 16.8. The number of carbonyl (C=O) groups excluding carboxylic acids is 1. The van der Waals surface area contributed by atoms with Crippen molar-refractivity contribution in [2.45, 2.75) is 38.5 Å². The summed E-state index contributed by atoms with van der Waals surface area (Å²) < 4.78 is 12.9. The molecule has 128 valence electrons. The van der Waals surface area contributed by atoms with E-state index in [-0.39, 0.29) is 12.0 Å². The molecule has 2 aromatic rings. The van der Waals surface area contributed by atoms with Crippen molar-refractivity contribution in [2.75, 3.05) is 13.2 Å². The molecule has 1 N–H and O–H groups in total. The number of carbonyl (C=O) groups is 1. The summed E-state index contributed by atoms with van der Waals surface area (Å²) in [4.78, 5) is 12.1. The number of amides is 1. The minimum Gasteiger partial charge on any atom is -0.376 e. The number of rotatable bonds is 7. The van der Waals surface area contributed by atoms with Crippen LogP contribution in [0.4, 0.5) is 0 Å². The number of nitrogens with one attached hydrogen (secondary N) is 1. The van der Waals surface area contributed by atoms with Crippen molar-refractivity contribution in [3.05, 3.63) is 48.3 Å². The van der Waals surface area contributed by atoms with Crippen LogP contribution < -0.4 is 5.32 Å². The fraction of sp³-hybridized carbons (Fsp3) is 0.444. The van der Waals surface area contributed by atoms with E-state index in [0.29, 0.717) is 13.2 Å². The van der Waals surface area contributed by atoms with Gasteiger partial charge in [0.05, 0.1) is 18.4 Å². The van der Waals surface area contributed by atoms with Gasteiger partial charge < -0.3 is 14.8 Å². The summed E-state index contributed by atoms with van der Waals surface area (Å²) in [6.07, 6.45) is 5.38. The number of benzene rings is 1. The summed E-state index contributed by atoms with van der Waals surface area (Å²) in [5.74, 6) is -0.107.